The molecule has 138 valence electrons. The Bertz CT molecular complexity index is 1270. The summed E-state index contributed by atoms with van der Waals surface area (Å²) in [6.45, 7) is 0. The van der Waals surface area contributed by atoms with Gasteiger partial charge < -0.3 is 4.98 Å². The van der Waals surface area contributed by atoms with E-state index in [9.17, 15) is 9.59 Å². The van der Waals surface area contributed by atoms with Crippen LogP contribution in [-0.4, -0.2) is 10.8 Å². The molecule has 1 N–H and O–H groups in total. The number of rotatable bonds is 4. The first-order chi connectivity index (χ1) is 13.5. The summed E-state index contributed by atoms with van der Waals surface area (Å²) >= 11 is 11.1. The molecular formula is C22H13BrClNO2S. The molecule has 0 unspecified atom stereocenters. The lowest BCUT2D eigenvalue weighted by atomic mass is 9.94. The fourth-order valence-corrected chi connectivity index (χ4v) is 4.57. The molecular weight excluding hydrogens is 458 g/mol. The second kappa shape index (κ2) is 7.87. The van der Waals surface area contributed by atoms with Gasteiger partial charge in [-0.25, -0.2) is 0 Å². The normalized spacial score (nSPS) is 11.4. The van der Waals surface area contributed by atoms with Crippen LogP contribution < -0.4 is 5.56 Å². The third kappa shape index (κ3) is 3.74. The maximum absolute atomic E-state index is 13.0. The highest BCUT2D eigenvalue weighted by Gasteiger charge is 2.19. The minimum Gasteiger partial charge on any atom is -0.321 e. The number of pyridine rings is 1. The zero-order valence-corrected chi connectivity index (χ0v) is 17.6. The molecule has 3 nitrogen and oxygen atoms in total. The Labute approximate surface area is 178 Å². The number of benzene rings is 2. The minimum absolute atomic E-state index is 0.104. The Morgan fingerprint density at radius 2 is 1.89 bits per heavy atom. The lowest BCUT2D eigenvalue weighted by Crippen LogP contribution is -2.18. The Balaban J connectivity index is 1.94. The Hall–Kier alpha value is -2.47. The molecule has 6 heteroatoms. The molecule has 0 aliphatic heterocycles. The van der Waals surface area contributed by atoms with Gasteiger partial charge in [-0.15, -0.1) is 11.3 Å². The van der Waals surface area contributed by atoms with Crippen LogP contribution in [0.4, 0.5) is 0 Å². The van der Waals surface area contributed by atoms with Crippen molar-refractivity contribution in [3.63, 3.8) is 0 Å². The summed E-state index contributed by atoms with van der Waals surface area (Å²) in [6.07, 6.45) is 3.15. The number of hydrogen-bond donors (Lipinski definition) is 1. The number of carbonyl (C=O) groups is 1. The molecule has 0 fully saturated rings. The molecule has 2 aromatic heterocycles. The van der Waals surface area contributed by atoms with Gasteiger partial charge in [0, 0.05) is 36.2 Å². The van der Waals surface area contributed by atoms with E-state index in [1.807, 2.05) is 41.8 Å². The van der Waals surface area contributed by atoms with Crippen LogP contribution in [0.1, 0.15) is 15.2 Å². The van der Waals surface area contributed by atoms with Crippen LogP contribution >= 0.6 is 38.9 Å². The van der Waals surface area contributed by atoms with Crippen molar-refractivity contribution in [3.8, 4) is 11.1 Å². The highest BCUT2D eigenvalue weighted by molar-refractivity contribution is 9.10. The van der Waals surface area contributed by atoms with Gasteiger partial charge >= 0.3 is 0 Å². The van der Waals surface area contributed by atoms with E-state index in [1.54, 1.807) is 24.3 Å². The highest BCUT2D eigenvalue weighted by atomic mass is 79.9. The summed E-state index contributed by atoms with van der Waals surface area (Å²) in [5.41, 5.74) is 1.69. The van der Waals surface area contributed by atoms with E-state index in [1.165, 1.54) is 17.4 Å². The largest absolute Gasteiger partial charge is 0.321 e. The lowest BCUT2D eigenvalue weighted by molar-refractivity contribution is 0.104. The molecule has 2 heterocycles. The second-order valence-electron chi connectivity index (χ2n) is 6.12. The number of thiophene rings is 1. The second-order valence-corrected chi connectivity index (χ2v) is 8.42. The van der Waals surface area contributed by atoms with Gasteiger partial charge in [-0.05, 0) is 57.9 Å². The molecule has 0 amide bonds. The monoisotopic (exact) mass is 469 g/mol. The summed E-state index contributed by atoms with van der Waals surface area (Å²) in [5.74, 6) is -0.355. The number of ketones is 1. The molecule has 0 radical (unpaired) electrons. The van der Waals surface area contributed by atoms with E-state index < -0.39 is 5.56 Å². The molecule has 4 rings (SSSR count). The van der Waals surface area contributed by atoms with Crippen molar-refractivity contribution in [2.45, 2.75) is 0 Å². The molecule has 4 aromatic rings. The molecule has 0 saturated heterocycles. The summed E-state index contributed by atoms with van der Waals surface area (Å²) in [5, 5.41) is 3.20. The lowest BCUT2D eigenvalue weighted by Gasteiger charge is -2.11. The van der Waals surface area contributed by atoms with E-state index in [0.717, 1.165) is 20.3 Å². The summed E-state index contributed by atoms with van der Waals surface area (Å²) in [7, 11) is 0. The van der Waals surface area contributed by atoms with Gasteiger partial charge in [0.25, 0.3) is 5.56 Å². The van der Waals surface area contributed by atoms with Gasteiger partial charge in [0.15, 0.2) is 5.78 Å². The van der Waals surface area contributed by atoms with E-state index >= 15 is 0 Å². The number of H-pyrrole nitrogens is 1. The number of fused-ring (bicyclic) bond motifs is 1. The van der Waals surface area contributed by atoms with Crippen molar-refractivity contribution < 1.29 is 4.79 Å². The fourth-order valence-electron chi connectivity index (χ4n) is 3.06. The van der Waals surface area contributed by atoms with Crippen molar-refractivity contribution >= 4 is 61.6 Å². The molecule has 0 spiro atoms. The van der Waals surface area contributed by atoms with Crippen LogP contribution in [0.3, 0.4) is 0 Å². The van der Waals surface area contributed by atoms with E-state index in [2.05, 4.69) is 20.9 Å². The van der Waals surface area contributed by atoms with Gasteiger partial charge in [-0.2, -0.15) is 0 Å². The van der Waals surface area contributed by atoms with Crippen LogP contribution in [0.5, 0.6) is 0 Å². The molecule has 0 saturated carbocycles. The Kier molecular flexibility index (Phi) is 5.31. The zero-order valence-electron chi connectivity index (χ0n) is 14.4. The highest BCUT2D eigenvalue weighted by Crippen LogP contribution is 2.31. The van der Waals surface area contributed by atoms with Crippen LogP contribution in [0.15, 0.2) is 75.3 Å². The molecule has 28 heavy (non-hydrogen) atoms. The van der Waals surface area contributed by atoms with Gasteiger partial charge in [0.05, 0.1) is 5.56 Å². The van der Waals surface area contributed by atoms with Gasteiger partial charge in [0.2, 0.25) is 0 Å². The molecule has 2 aromatic carbocycles. The van der Waals surface area contributed by atoms with Crippen LogP contribution in [0, 0.1) is 0 Å². The first-order valence-corrected chi connectivity index (χ1v) is 10.5. The Morgan fingerprint density at radius 3 is 2.61 bits per heavy atom. The molecule has 0 aliphatic rings. The number of halogens is 2. The fraction of sp³-hybridized carbons (Fsp3) is 0. The molecule has 0 aliphatic carbocycles. The number of aromatic amines is 1. The first-order valence-electron chi connectivity index (χ1n) is 8.40. The van der Waals surface area contributed by atoms with Crippen LogP contribution in [0.2, 0.25) is 5.02 Å². The smallest absolute Gasteiger partial charge is 0.260 e. The number of carbonyl (C=O) groups excluding carboxylic acids is 1. The van der Waals surface area contributed by atoms with Gasteiger partial charge in [0.1, 0.15) is 0 Å². The van der Waals surface area contributed by atoms with Gasteiger partial charge in [-0.1, -0.05) is 41.9 Å². The standard InChI is InChI=1S/C22H13BrClNO2S/c23-14-10-16(28-12-14)7-9-19(26)21-20(13-4-2-1-3-5-13)17-11-15(24)6-8-18(17)25-22(21)27/h1-12H,(H,25,27)/b9-7+. The summed E-state index contributed by atoms with van der Waals surface area (Å²) < 4.78 is 0.952. The first kappa shape index (κ1) is 18.9. The maximum atomic E-state index is 13.0. The molecule has 0 bridgehead atoms. The van der Waals surface area contributed by atoms with Crippen molar-refractivity contribution in [1.29, 1.82) is 0 Å². The van der Waals surface area contributed by atoms with E-state index in [4.69, 9.17) is 11.6 Å². The number of nitrogens with one attached hydrogen (secondary N) is 1. The zero-order chi connectivity index (χ0) is 19.7. The summed E-state index contributed by atoms with van der Waals surface area (Å²) in [4.78, 5) is 29.6. The quantitative estimate of drug-likeness (QED) is 0.271. The van der Waals surface area contributed by atoms with Crippen molar-refractivity contribution in [2.24, 2.45) is 0 Å². The van der Waals surface area contributed by atoms with E-state index in [-0.39, 0.29) is 11.3 Å². The average molecular weight is 471 g/mol. The minimum atomic E-state index is -0.421. The van der Waals surface area contributed by atoms with Crippen molar-refractivity contribution in [1.82, 2.24) is 4.98 Å². The molecule has 0 atom stereocenters. The maximum Gasteiger partial charge on any atom is 0.260 e. The van der Waals surface area contributed by atoms with Crippen LogP contribution in [0.25, 0.3) is 28.1 Å². The number of aromatic nitrogens is 1. The van der Waals surface area contributed by atoms with Gasteiger partial charge in [-0.3, -0.25) is 9.59 Å². The average Bonchev–Trinajstić information content (AvgIpc) is 3.11. The third-order valence-electron chi connectivity index (χ3n) is 4.27. The number of allylic oxidation sites excluding steroid dienone is 1. The predicted molar refractivity (Wildman–Crippen MR) is 120 cm³/mol. The topological polar surface area (TPSA) is 49.9 Å². The van der Waals surface area contributed by atoms with Crippen molar-refractivity contribution in [2.75, 3.05) is 0 Å². The third-order valence-corrected chi connectivity index (χ3v) is 6.17. The Morgan fingerprint density at radius 1 is 1.11 bits per heavy atom. The van der Waals surface area contributed by atoms with E-state index in [0.29, 0.717) is 16.1 Å². The van der Waals surface area contributed by atoms with Crippen LogP contribution in [-0.2, 0) is 0 Å². The SMILES string of the molecule is O=C(/C=C/c1cc(Br)cs1)c1c(-c2ccccc2)c2cc(Cl)ccc2[nH]c1=O. The summed E-state index contributed by atoms with van der Waals surface area (Å²) in [6, 6.07) is 16.5. The van der Waals surface area contributed by atoms with Crippen molar-refractivity contribution in [3.05, 3.63) is 96.3 Å². The predicted octanol–water partition coefficient (Wildman–Crippen LogP) is 6.57. The number of hydrogen-bond acceptors (Lipinski definition) is 3.